The molecule has 0 aliphatic rings. The number of amides is 1. The highest BCUT2D eigenvalue weighted by Gasteiger charge is 2.34. The molecule has 3 aromatic rings. The van der Waals surface area contributed by atoms with Gasteiger partial charge < -0.3 is 5.32 Å². The van der Waals surface area contributed by atoms with Gasteiger partial charge in [0.1, 0.15) is 5.82 Å². The highest BCUT2D eigenvalue weighted by Crippen LogP contribution is 2.41. The van der Waals surface area contributed by atoms with E-state index in [1.54, 1.807) is 37.6 Å². The van der Waals surface area contributed by atoms with Crippen LogP contribution in [0.5, 0.6) is 0 Å². The fourth-order valence-corrected chi connectivity index (χ4v) is 4.29. The van der Waals surface area contributed by atoms with E-state index in [0.29, 0.717) is 12.5 Å². The number of nitrogens with zero attached hydrogens (tertiary/aromatic N) is 2. The second-order valence-corrected chi connectivity index (χ2v) is 11.3. The van der Waals surface area contributed by atoms with Crippen LogP contribution < -0.4 is 5.32 Å². The molecule has 0 spiro atoms. The number of carbonyl (C=O) groups excluding carboxylic acids is 2. The maximum absolute atomic E-state index is 13.3. The number of rotatable bonds is 8. The van der Waals surface area contributed by atoms with Crippen LogP contribution in [0.1, 0.15) is 66.4 Å². The van der Waals surface area contributed by atoms with Crippen LogP contribution in [0, 0.1) is 22.6 Å². The third-order valence-corrected chi connectivity index (χ3v) is 6.31. The zero-order chi connectivity index (χ0) is 25.3. The van der Waals surface area contributed by atoms with Crippen LogP contribution in [0.15, 0.2) is 48.7 Å². The predicted octanol–water partition coefficient (Wildman–Crippen LogP) is 6.05. The monoisotopic (exact) mass is 465 g/mol. The maximum Gasteiger partial charge on any atom is 0.287 e. The van der Waals surface area contributed by atoms with Gasteiger partial charge in [0.05, 0.1) is 17.4 Å². The lowest BCUT2D eigenvalue weighted by molar-refractivity contribution is -0.142. The first kappa shape index (κ1) is 25.6. The van der Waals surface area contributed by atoms with Crippen molar-refractivity contribution in [1.82, 2.24) is 15.1 Å². The highest BCUT2D eigenvalue weighted by atomic mass is 19.1. The predicted molar refractivity (Wildman–Crippen MR) is 134 cm³/mol. The van der Waals surface area contributed by atoms with E-state index < -0.39 is 17.1 Å². The van der Waals surface area contributed by atoms with Gasteiger partial charge in [-0.15, -0.1) is 0 Å². The van der Waals surface area contributed by atoms with Gasteiger partial charge in [0, 0.05) is 17.3 Å². The minimum atomic E-state index is -0.707. The molecule has 1 N–H and O–H groups in total. The largest absolute Gasteiger partial charge is 0.349 e. The molecule has 0 saturated heterocycles. The van der Waals surface area contributed by atoms with Crippen molar-refractivity contribution in [3.8, 4) is 5.69 Å². The molecule has 3 rings (SSSR count). The summed E-state index contributed by atoms with van der Waals surface area (Å²) in [6, 6.07) is 12.6. The first-order valence-electron chi connectivity index (χ1n) is 11.9. The van der Waals surface area contributed by atoms with Gasteiger partial charge in [-0.25, -0.2) is 9.07 Å². The smallest absolute Gasteiger partial charge is 0.287 e. The molecule has 1 unspecified atom stereocenters. The van der Waals surface area contributed by atoms with Crippen molar-refractivity contribution in [2.75, 3.05) is 6.54 Å². The van der Waals surface area contributed by atoms with Crippen molar-refractivity contribution in [2.45, 2.75) is 60.8 Å². The van der Waals surface area contributed by atoms with E-state index in [9.17, 15) is 14.0 Å². The molecule has 182 valence electrons. The normalized spacial score (nSPS) is 13.3. The lowest BCUT2D eigenvalue weighted by Gasteiger charge is -2.36. The molecule has 1 atom stereocenters. The van der Waals surface area contributed by atoms with Crippen molar-refractivity contribution < 1.29 is 14.0 Å². The standard InChI is InChI=1S/C28H36FN3O2/c1-18(2)14-23(28(6,7)17-30-26(34)25(33)27(3,4)5)19-8-13-24-20(15-19)16-31-32(24)22-11-9-21(29)10-12-22/h8-13,15-16,18,23H,14,17H2,1-7H3,(H,30,34). The van der Waals surface area contributed by atoms with E-state index in [0.717, 1.165) is 23.0 Å². The number of fused-ring (bicyclic) bond motifs is 1. The van der Waals surface area contributed by atoms with Crippen LogP contribution in [0.4, 0.5) is 4.39 Å². The van der Waals surface area contributed by atoms with Crippen LogP contribution in [0.2, 0.25) is 0 Å². The number of hydrogen-bond donors (Lipinski definition) is 1. The van der Waals surface area contributed by atoms with Crippen molar-refractivity contribution in [2.24, 2.45) is 16.7 Å². The molecular weight excluding hydrogens is 429 g/mol. The summed E-state index contributed by atoms with van der Waals surface area (Å²) >= 11 is 0. The summed E-state index contributed by atoms with van der Waals surface area (Å²) in [7, 11) is 0. The van der Waals surface area contributed by atoms with Gasteiger partial charge in [-0.05, 0) is 65.6 Å². The summed E-state index contributed by atoms with van der Waals surface area (Å²) in [4.78, 5) is 24.8. The fourth-order valence-electron chi connectivity index (χ4n) is 4.29. The number of benzene rings is 2. The summed E-state index contributed by atoms with van der Waals surface area (Å²) in [5, 5.41) is 8.40. The third kappa shape index (κ3) is 5.72. The Morgan fingerprint density at radius 1 is 1.03 bits per heavy atom. The minimum Gasteiger partial charge on any atom is -0.349 e. The maximum atomic E-state index is 13.3. The molecule has 5 nitrogen and oxygen atoms in total. The molecule has 0 saturated carbocycles. The summed E-state index contributed by atoms with van der Waals surface area (Å²) in [6.45, 7) is 14.3. The molecule has 1 aromatic heterocycles. The fraction of sp³-hybridized carbons (Fsp3) is 0.464. The van der Waals surface area contributed by atoms with Gasteiger partial charge in [-0.1, -0.05) is 54.5 Å². The Kier molecular flexibility index (Phi) is 7.29. The summed E-state index contributed by atoms with van der Waals surface area (Å²) in [5.41, 5.74) is 1.93. The average Bonchev–Trinajstić information content (AvgIpc) is 3.18. The van der Waals surface area contributed by atoms with Crippen LogP contribution in [-0.2, 0) is 9.59 Å². The lowest BCUT2D eigenvalue weighted by Crippen LogP contribution is -2.44. The molecule has 1 amide bonds. The molecule has 34 heavy (non-hydrogen) atoms. The van der Waals surface area contributed by atoms with E-state index in [4.69, 9.17) is 0 Å². The van der Waals surface area contributed by atoms with Gasteiger partial charge in [0.25, 0.3) is 5.91 Å². The Bertz CT molecular complexity index is 1170. The Morgan fingerprint density at radius 2 is 1.68 bits per heavy atom. The number of aromatic nitrogens is 2. The van der Waals surface area contributed by atoms with Crippen LogP contribution in [-0.4, -0.2) is 28.0 Å². The van der Waals surface area contributed by atoms with Crippen LogP contribution >= 0.6 is 0 Å². The molecular formula is C28H36FN3O2. The van der Waals surface area contributed by atoms with E-state index in [2.05, 4.69) is 50.2 Å². The second kappa shape index (κ2) is 9.69. The van der Waals surface area contributed by atoms with Crippen LogP contribution in [0.3, 0.4) is 0 Å². The quantitative estimate of drug-likeness (QED) is 0.412. The Morgan fingerprint density at radius 3 is 2.26 bits per heavy atom. The number of ketones is 1. The van der Waals surface area contributed by atoms with Crippen molar-refractivity contribution >= 4 is 22.6 Å². The molecule has 0 bridgehead atoms. The molecule has 0 radical (unpaired) electrons. The first-order chi connectivity index (χ1) is 15.8. The number of carbonyl (C=O) groups is 2. The van der Waals surface area contributed by atoms with Crippen molar-refractivity contribution in [1.29, 1.82) is 0 Å². The topological polar surface area (TPSA) is 64.0 Å². The van der Waals surface area contributed by atoms with Gasteiger partial charge in [0.2, 0.25) is 5.78 Å². The second-order valence-electron chi connectivity index (χ2n) is 11.3. The molecule has 6 heteroatoms. The highest BCUT2D eigenvalue weighted by molar-refractivity contribution is 6.37. The zero-order valence-corrected chi connectivity index (χ0v) is 21.3. The number of hydrogen-bond acceptors (Lipinski definition) is 3. The Hall–Kier alpha value is -3.02. The first-order valence-corrected chi connectivity index (χ1v) is 11.9. The van der Waals surface area contributed by atoms with E-state index in [1.807, 2.05) is 12.3 Å². The average molecular weight is 466 g/mol. The third-order valence-electron chi connectivity index (χ3n) is 6.31. The lowest BCUT2D eigenvalue weighted by atomic mass is 9.71. The zero-order valence-electron chi connectivity index (χ0n) is 21.3. The minimum absolute atomic E-state index is 0.163. The number of halogens is 1. The summed E-state index contributed by atoms with van der Waals surface area (Å²) < 4.78 is 15.1. The molecule has 0 aliphatic heterocycles. The van der Waals surface area contributed by atoms with Crippen molar-refractivity contribution in [3.63, 3.8) is 0 Å². The molecule has 0 fully saturated rings. The Labute approximate surface area is 201 Å². The van der Waals surface area contributed by atoms with Gasteiger partial charge in [0.15, 0.2) is 0 Å². The van der Waals surface area contributed by atoms with Gasteiger partial charge >= 0.3 is 0 Å². The van der Waals surface area contributed by atoms with Gasteiger partial charge in [-0.3, -0.25) is 9.59 Å². The molecule has 1 heterocycles. The van der Waals surface area contributed by atoms with Crippen molar-refractivity contribution in [3.05, 3.63) is 60.0 Å². The SMILES string of the molecule is CC(C)CC(c1ccc2c(cnn2-c2ccc(F)cc2)c1)C(C)(C)CNC(=O)C(=O)C(C)(C)C. The number of Topliss-reactive ketones (excluding diaryl/α,β-unsaturated/α-hetero) is 1. The van der Waals surface area contributed by atoms with E-state index in [-0.39, 0.29) is 17.2 Å². The summed E-state index contributed by atoms with van der Waals surface area (Å²) in [5.74, 6) is -0.597. The van der Waals surface area contributed by atoms with Crippen LogP contribution in [0.25, 0.3) is 16.6 Å². The van der Waals surface area contributed by atoms with E-state index in [1.165, 1.54) is 17.7 Å². The van der Waals surface area contributed by atoms with E-state index >= 15 is 0 Å². The summed E-state index contributed by atoms with van der Waals surface area (Å²) in [6.07, 6.45) is 2.76. The number of nitrogens with one attached hydrogen (secondary N) is 1. The Balaban J connectivity index is 1.89. The molecule has 2 aromatic carbocycles. The van der Waals surface area contributed by atoms with Gasteiger partial charge in [-0.2, -0.15) is 5.10 Å². The molecule has 0 aliphatic carbocycles.